The number of carbonyl (C=O) groups excluding carboxylic acids is 2. The van der Waals surface area contributed by atoms with Gasteiger partial charge in [-0.05, 0) is 13.8 Å². The van der Waals surface area contributed by atoms with Crippen molar-refractivity contribution in [2.24, 2.45) is 5.41 Å². The first-order valence-electron chi connectivity index (χ1n) is 4.91. The minimum absolute atomic E-state index is 0.157. The van der Waals surface area contributed by atoms with E-state index in [4.69, 9.17) is 5.26 Å². The molecule has 0 radical (unpaired) electrons. The summed E-state index contributed by atoms with van der Waals surface area (Å²) in [5.74, 6) is -0.157. The Labute approximate surface area is 89.3 Å². The van der Waals surface area contributed by atoms with E-state index in [-0.39, 0.29) is 5.91 Å². The van der Waals surface area contributed by atoms with Crippen LogP contribution in [-0.2, 0) is 9.59 Å². The van der Waals surface area contributed by atoms with E-state index in [0.29, 0.717) is 26.2 Å². The molecule has 0 saturated carbocycles. The number of carbonyl (C=O) groups is 2. The van der Waals surface area contributed by atoms with Gasteiger partial charge in [0.05, 0.1) is 6.07 Å². The zero-order chi connectivity index (χ0) is 11.5. The van der Waals surface area contributed by atoms with Gasteiger partial charge >= 0.3 is 0 Å². The van der Waals surface area contributed by atoms with Crippen molar-refractivity contribution in [3.05, 3.63) is 0 Å². The van der Waals surface area contributed by atoms with Crippen LogP contribution >= 0.6 is 0 Å². The summed E-state index contributed by atoms with van der Waals surface area (Å²) in [6, 6.07) is 1.99. The molecule has 1 saturated heterocycles. The lowest BCUT2D eigenvalue weighted by Crippen LogP contribution is -2.51. The highest BCUT2D eigenvalue weighted by molar-refractivity contribution is 5.84. The first-order chi connectivity index (χ1) is 7.01. The smallest absolute Gasteiger partial charge is 0.242 e. The number of nitriles is 1. The highest BCUT2D eigenvalue weighted by atomic mass is 16.2. The summed E-state index contributed by atoms with van der Waals surface area (Å²) in [5.41, 5.74) is -0.969. The summed E-state index contributed by atoms with van der Waals surface area (Å²) < 4.78 is 0. The predicted octanol–water partition coefficient (Wildman–Crippen LogP) is -0.163. The summed E-state index contributed by atoms with van der Waals surface area (Å²) in [4.78, 5) is 25.6. The number of piperazine rings is 1. The van der Waals surface area contributed by atoms with Crippen LogP contribution in [0.3, 0.4) is 0 Å². The molecule has 0 unspecified atom stereocenters. The van der Waals surface area contributed by atoms with Gasteiger partial charge in [-0.1, -0.05) is 0 Å². The third-order valence-electron chi connectivity index (χ3n) is 2.56. The lowest BCUT2D eigenvalue weighted by molar-refractivity contribution is -0.140. The van der Waals surface area contributed by atoms with Crippen molar-refractivity contribution in [2.75, 3.05) is 26.2 Å². The van der Waals surface area contributed by atoms with Crippen molar-refractivity contribution in [3.8, 4) is 6.07 Å². The summed E-state index contributed by atoms with van der Waals surface area (Å²) in [7, 11) is 0. The second kappa shape index (κ2) is 4.30. The second-order valence-corrected chi connectivity index (χ2v) is 4.17. The van der Waals surface area contributed by atoms with Crippen LogP contribution in [0.4, 0.5) is 0 Å². The quantitative estimate of drug-likeness (QED) is 0.593. The van der Waals surface area contributed by atoms with Crippen LogP contribution in [0.25, 0.3) is 0 Å². The van der Waals surface area contributed by atoms with Crippen LogP contribution in [0.2, 0.25) is 0 Å². The van der Waals surface area contributed by atoms with Crippen LogP contribution in [-0.4, -0.2) is 48.3 Å². The molecule has 1 fully saturated rings. The molecule has 0 aliphatic carbocycles. The number of rotatable bonds is 2. The van der Waals surface area contributed by atoms with E-state index in [0.717, 1.165) is 6.41 Å². The second-order valence-electron chi connectivity index (χ2n) is 4.17. The van der Waals surface area contributed by atoms with Crippen LogP contribution in [0.5, 0.6) is 0 Å². The van der Waals surface area contributed by atoms with Crippen LogP contribution in [0.1, 0.15) is 13.8 Å². The van der Waals surface area contributed by atoms with Gasteiger partial charge in [0.15, 0.2) is 0 Å². The molecule has 0 spiro atoms. The van der Waals surface area contributed by atoms with Gasteiger partial charge in [0.25, 0.3) is 0 Å². The average Bonchev–Trinajstić information content (AvgIpc) is 2.28. The minimum Gasteiger partial charge on any atom is -0.342 e. The molecule has 0 aromatic heterocycles. The van der Waals surface area contributed by atoms with Gasteiger partial charge in [-0.25, -0.2) is 0 Å². The maximum absolute atomic E-state index is 11.8. The van der Waals surface area contributed by atoms with Gasteiger partial charge < -0.3 is 9.80 Å². The van der Waals surface area contributed by atoms with E-state index in [2.05, 4.69) is 0 Å². The molecule has 0 aromatic carbocycles. The molecule has 1 heterocycles. The molecule has 0 bridgehead atoms. The Morgan fingerprint density at radius 3 is 2.27 bits per heavy atom. The van der Waals surface area contributed by atoms with Crippen LogP contribution in [0.15, 0.2) is 0 Å². The maximum atomic E-state index is 11.8. The molecule has 1 aliphatic heterocycles. The molecule has 5 nitrogen and oxygen atoms in total. The van der Waals surface area contributed by atoms with Crippen molar-refractivity contribution >= 4 is 12.3 Å². The Hall–Kier alpha value is -1.57. The van der Waals surface area contributed by atoms with Crippen molar-refractivity contribution < 1.29 is 9.59 Å². The van der Waals surface area contributed by atoms with Gasteiger partial charge in [-0.2, -0.15) is 5.26 Å². The fourth-order valence-corrected chi connectivity index (χ4v) is 1.47. The van der Waals surface area contributed by atoms with Crippen LogP contribution < -0.4 is 0 Å². The average molecular weight is 209 g/mol. The fourth-order valence-electron chi connectivity index (χ4n) is 1.47. The zero-order valence-corrected chi connectivity index (χ0v) is 9.06. The molecular weight excluding hydrogens is 194 g/mol. The first kappa shape index (κ1) is 11.5. The van der Waals surface area contributed by atoms with Crippen molar-refractivity contribution in [1.82, 2.24) is 9.80 Å². The van der Waals surface area contributed by atoms with Crippen LogP contribution in [0, 0.1) is 16.7 Å². The summed E-state index contributed by atoms with van der Waals surface area (Å²) in [5, 5.41) is 8.83. The Morgan fingerprint density at radius 1 is 1.33 bits per heavy atom. The Bertz CT molecular complexity index is 298. The molecule has 2 amide bonds. The van der Waals surface area contributed by atoms with Gasteiger partial charge in [0, 0.05) is 26.2 Å². The normalized spacial score (nSPS) is 17.1. The Kier molecular flexibility index (Phi) is 3.30. The van der Waals surface area contributed by atoms with Crippen molar-refractivity contribution in [2.45, 2.75) is 13.8 Å². The standard InChI is InChI=1S/C10H15N3O2/c1-10(2,7-11)9(15)13-5-3-12(8-14)4-6-13/h8H,3-6H2,1-2H3. The molecule has 0 N–H and O–H groups in total. The lowest BCUT2D eigenvalue weighted by atomic mass is 9.93. The lowest BCUT2D eigenvalue weighted by Gasteiger charge is -2.35. The molecular formula is C10H15N3O2. The number of hydrogen-bond acceptors (Lipinski definition) is 3. The third-order valence-corrected chi connectivity index (χ3v) is 2.56. The third kappa shape index (κ3) is 2.46. The van der Waals surface area contributed by atoms with E-state index in [1.807, 2.05) is 6.07 Å². The van der Waals surface area contributed by atoms with E-state index >= 15 is 0 Å². The molecule has 0 aromatic rings. The number of hydrogen-bond donors (Lipinski definition) is 0. The van der Waals surface area contributed by atoms with E-state index < -0.39 is 5.41 Å². The SMILES string of the molecule is CC(C)(C#N)C(=O)N1CCN(C=O)CC1. The molecule has 5 heteroatoms. The summed E-state index contributed by atoms with van der Waals surface area (Å²) >= 11 is 0. The molecule has 15 heavy (non-hydrogen) atoms. The predicted molar refractivity (Wildman–Crippen MR) is 53.6 cm³/mol. The summed E-state index contributed by atoms with van der Waals surface area (Å²) in [6.07, 6.45) is 0.789. The van der Waals surface area contributed by atoms with Gasteiger partial charge in [0.2, 0.25) is 12.3 Å². The first-order valence-corrected chi connectivity index (χ1v) is 4.91. The Morgan fingerprint density at radius 2 is 1.87 bits per heavy atom. The molecule has 1 aliphatic rings. The van der Waals surface area contributed by atoms with Gasteiger partial charge in [-0.3, -0.25) is 9.59 Å². The highest BCUT2D eigenvalue weighted by Gasteiger charge is 2.33. The van der Waals surface area contributed by atoms with Crippen molar-refractivity contribution in [1.29, 1.82) is 5.26 Å². The molecule has 82 valence electrons. The number of amides is 2. The van der Waals surface area contributed by atoms with E-state index in [1.54, 1.807) is 23.6 Å². The molecule has 1 rings (SSSR count). The number of nitrogens with zero attached hydrogens (tertiary/aromatic N) is 3. The minimum atomic E-state index is -0.969. The fraction of sp³-hybridized carbons (Fsp3) is 0.700. The van der Waals surface area contributed by atoms with Crippen molar-refractivity contribution in [3.63, 3.8) is 0 Å². The van der Waals surface area contributed by atoms with Gasteiger partial charge in [-0.15, -0.1) is 0 Å². The van der Waals surface area contributed by atoms with E-state index in [1.165, 1.54) is 0 Å². The highest BCUT2D eigenvalue weighted by Crippen LogP contribution is 2.18. The Balaban J connectivity index is 2.58. The van der Waals surface area contributed by atoms with Gasteiger partial charge in [0.1, 0.15) is 5.41 Å². The monoisotopic (exact) mass is 209 g/mol. The topological polar surface area (TPSA) is 64.4 Å². The zero-order valence-electron chi connectivity index (χ0n) is 9.06. The van der Waals surface area contributed by atoms with E-state index in [9.17, 15) is 9.59 Å². The largest absolute Gasteiger partial charge is 0.342 e. The molecule has 0 atom stereocenters. The maximum Gasteiger partial charge on any atom is 0.242 e. The summed E-state index contributed by atoms with van der Waals surface area (Å²) in [6.45, 7) is 5.36.